The molecule has 0 saturated heterocycles. The minimum absolute atomic E-state index is 0. The third kappa shape index (κ3) is 7.25. The van der Waals surface area contributed by atoms with Gasteiger partial charge in [-0.1, -0.05) is 73.9 Å². The van der Waals surface area contributed by atoms with Gasteiger partial charge in [0.1, 0.15) is 5.75 Å². The molecule has 2 nitrogen and oxygen atoms in total. The van der Waals surface area contributed by atoms with Crippen molar-refractivity contribution < 1.29 is 4.74 Å². The molecule has 0 aliphatic heterocycles. The van der Waals surface area contributed by atoms with Crippen LogP contribution in [0.25, 0.3) is 10.8 Å². The van der Waals surface area contributed by atoms with E-state index in [4.69, 9.17) is 4.74 Å². The Balaban J connectivity index is 0.00000289. The van der Waals surface area contributed by atoms with Crippen LogP contribution in [0.5, 0.6) is 5.75 Å². The van der Waals surface area contributed by atoms with Crippen molar-refractivity contribution >= 4 is 23.2 Å². The molecule has 0 spiro atoms. The fraction of sp³-hybridized carbons (Fsp3) is 0.448. The summed E-state index contributed by atoms with van der Waals surface area (Å²) in [6.45, 7) is 4.20. The van der Waals surface area contributed by atoms with Crippen molar-refractivity contribution in [3.05, 3.63) is 77.9 Å². The molecule has 4 rings (SSSR count). The van der Waals surface area contributed by atoms with Gasteiger partial charge in [0.05, 0.1) is 6.61 Å². The molecule has 3 heteroatoms. The molecule has 1 N–H and O–H groups in total. The van der Waals surface area contributed by atoms with E-state index in [0.717, 1.165) is 44.1 Å². The predicted octanol–water partition coefficient (Wildman–Crippen LogP) is 7.37. The molecule has 32 heavy (non-hydrogen) atoms. The smallest absolute Gasteiger partial charge is 0.119 e. The largest absolute Gasteiger partial charge is 0.493 e. The van der Waals surface area contributed by atoms with Gasteiger partial charge < -0.3 is 10.1 Å². The second-order valence-electron chi connectivity index (χ2n) is 9.24. The first-order valence-electron chi connectivity index (χ1n) is 12.2. The summed E-state index contributed by atoms with van der Waals surface area (Å²) in [5, 5.41) is 6.42. The molecule has 1 saturated carbocycles. The number of hydrogen-bond acceptors (Lipinski definition) is 2. The Morgan fingerprint density at radius 2 is 1.62 bits per heavy atom. The Morgan fingerprint density at radius 1 is 0.875 bits per heavy atom. The van der Waals surface area contributed by atoms with Gasteiger partial charge in [0, 0.05) is 6.04 Å². The lowest BCUT2D eigenvalue weighted by molar-refractivity contribution is 0.209. The fourth-order valence-corrected chi connectivity index (χ4v) is 4.77. The molecule has 1 aliphatic carbocycles. The van der Waals surface area contributed by atoms with Gasteiger partial charge in [0.15, 0.2) is 0 Å². The highest BCUT2D eigenvalue weighted by Gasteiger charge is 2.14. The quantitative estimate of drug-likeness (QED) is 0.347. The summed E-state index contributed by atoms with van der Waals surface area (Å²) in [6.07, 6.45) is 10.2. The Morgan fingerprint density at radius 3 is 2.44 bits per heavy atom. The summed E-state index contributed by atoms with van der Waals surface area (Å²) in [6, 6.07) is 24.6. The molecule has 1 aliphatic rings. The van der Waals surface area contributed by atoms with Crippen LogP contribution in [-0.2, 0) is 12.8 Å². The Kier molecular flexibility index (Phi) is 9.89. The number of nitrogens with one attached hydrogen (secondary N) is 1. The van der Waals surface area contributed by atoms with Crippen molar-refractivity contribution in [1.29, 1.82) is 0 Å². The average Bonchev–Trinajstić information content (AvgIpc) is 2.83. The molecule has 1 fully saturated rings. The maximum absolute atomic E-state index is 6.04. The van der Waals surface area contributed by atoms with E-state index in [1.165, 1.54) is 54.0 Å². The van der Waals surface area contributed by atoms with E-state index in [2.05, 4.69) is 79.0 Å². The Bertz CT molecular complexity index is 928. The third-order valence-electron chi connectivity index (χ3n) is 6.77. The van der Waals surface area contributed by atoms with Gasteiger partial charge in [-0.05, 0) is 85.5 Å². The first-order chi connectivity index (χ1) is 15.3. The minimum Gasteiger partial charge on any atom is -0.493 e. The number of rotatable bonds is 10. The number of hydrogen-bond donors (Lipinski definition) is 1. The average molecular weight is 452 g/mol. The maximum Gasteiger partial charge on any atom is 0.119 e. The molecular weight excluding hydrogens is 414 g/mol. The van der Waals surface area contributed by atoms with Crippen molar-refractivity contribution in [3.63, 3.8) is 0 Å². The highest BCUT2D eigenvalue weighted by atomic mass is 35.5. The van der Waals surface area contributed by atoms with Crippen molar-refractivity contribution in [1.82, 2.24) is 5.32 Å². The molecule has 0 aromatic heterocycles. The van der Waals surface area contributed by atoms with E-state index >= 15 is 0 Å². The first-order valence-corrected chi connectivity index (χ1v) is 12.2. The van der Waals surface area contributed by atoms with E-state index in [9.17, 15) is 0 Å². The standard InChI is InChI=1S/C29H37NO.ClH/c1-23(30-21-20-27-12-7-11-26-10-5-6-13-29(26)27)14-15-24-16-18-28(19-17-24)31-22-25-8-3-2-4-9-25;/h5-7,10-13,16-19,23,25,30H,2-4,8-9,14-15,20-22H2,1H3;1H. The second kappa shape index (κ2) is 12.9. The van der Waals surface area contributed by atoms with Gasteiger partial charge in [-0.25, -0.2) is 0 Å². The number of benzene rings is 3. The van der Waals surface area contributed by atoms with Gasteiger partial charge in [0.2, 0.25) is 0 Å². The highest BCUT2D eigenvalue weighted by molar-refractivity contribution is 5.86. The van der Waals surface area contributed by atoms with Crippen LogP contribution in [-0.4, -0.2) is 19.2 Å². The molecule has 172 valence electrons. The summed E-state index contributed by atoms with van der Waals surface area (Å²) in [5.74, 6) is 1.78. The number of ether oxygens (including phenoxy) is 1. The zero-order chi connectivity index (χ0) is 21.3. The van der Waals surface area contributed by atoms with Gasteiger partial charge in [0.25, 0.3) is 0 Å². The van der Waals surface area contributed by atoms with Crippen LogP contribution in [0.2, 0.25) is 0 Å². The van der Waals surface area contributed by atoms with Crippen molar-refractivity contribution in [2.75, 3.05) is 13.2 Å². The fourth-order valence-electron chi connectivity index (χ4n) is 4.77. The molecule has 1 unspecified atom stereocenters. The number of halogens is 1. The van der Waals surface area contributed by atoms with Gasteiger partial charge in [-0.3, -0.25) is 0 Å². The van der Waals surface area contributed by atoms with E-state index < -0.39 is 0 Å². The zero-order valence-electron chi connectivity index (χ0n) is 19.4. The summed E-state index contributed by atoms with van der Waals surface area (Å²) in [5.41, 5.74) is 2.83. The molecule has 0 radical (unpaired) electrons. The second-order valence-corrected chi connectivity index (χ2v) is 9.24. The molecule has 0 amide bonds. The van der Waals surface area contributed by atoms with Crippen LogP contribution < -0.4 is 10.1 Å². The van der Waals surface area contributed by atoms with E-state index in [1.54, 1.807) is 0 Å². The normalized spacial score (nSPS) is 15.3. The molecule has 0 bridgehead atoms. The van der Waals surface area contributed by atoms with Crippen molar-refractivity contribution in [2.45, 2.75) is 64.3 Å². The SMILES string of the molecule is CC(CCc1ccc(OCC2CCCCC2)cc1)NCCc1cccc2ccccc12.Cl. The zero-order valence-corrected chi connectivity index (χ0v) is 20.2. The minimum atomic E-state index is 0. The van der Waals surface area contributed by atoms with Crippen LogP contribution >= 0.6 is 12.4 Å². The first kappa shape index (κ1) is 24.6. The van der Waals surface area contributed by atoms with Gasteiger partial charge >= 0.3 is 0 Å². The monoisotopic (exact) mass is 451 g/mol. The van der Waals surface area contributed by atoms with E-state index in [1.807, 2.05) is 0 Å². The summed E-state index contributed by atoms with van der Waals surface area (Å²) in [4.78, 5) is 0. The Labute approximate surface area is 200 Å². The maximum atomic E-state index is 6.04. The lowest BCUT2D eigenvalue weighted by atomic mass is 9.90. The van der Waals surface area contributed by atoms with Crippen molar-refractivity contribution in [3.8, 4) is 5.75 Å². The third-order valence-corrected chi connectivity index (χ3v) is 6.77. The van der Waals surface area contributed by atoms with E-state index in [-0.39, 0.29) is 12.4 Å². The lowest BCUT2D eigenvalue weighted by Gasteiger charge is -2.21. The predicted molar refractivity (Wildman–Crippen MR) is 139 cm³/mol. The summed E-state index contributed by atoms with van der Waals surface area (Å²) in [7, 11) is 0. The Hall–Kier alpha value is -2.03. The lowest BCUT2D eigenvalue weighted by Crippen LogP contribution is -2.28. The number of aryl methyl sites for hydroxylation is 1. The van der Waals surface area contributed by atoms with Crippen molar-refractivity contribution in [2.24, 2.45) is 5.92 Å². The molecule has 1 atom stereocenters. The summed E-state index contributed by atoms with van der Waals surface area (Å²) < 4.78 is 6.04. The van der Waals surface area contributed by atoms with E-state index in [0.29, 0.717) is 6.04 Å². The van der Waals surface area contributed by atoms with Gasteiger partial charge in [-0.2, -0.15) is 0 Å². The van der Waals surface area contributed by atoms with Crippen LogP contribution in [0, 0.1) is 5.92 Å². The molecular formula is C29H38ClNO. The molecule has 3 aromatic rings. The van der Waals surface area contributed by atoms with Gasteiger partial charge in [-0.15, -0.1) is 12.4 Å². The van der Waals surface area contributed by atoms with Crippen LogP contribution in [0.3, 0.4) is 0 Å². The van der Waals surface area contributed by atoms with Crippen LogP contribution in [0.4, 0.5) is 0 Å². The summed E-state index contributed by atoms with van der Waals surface area (Å²) >= 11 is 0. The highest BCUT2D eigenvalue weighted by Crippen LogP contribution is 2.25. The van der Waals surface area contributed by atoms with Crippen LogP contribution in [0.15, 0.2) is 66.7 Å². The molecule has 0 heterocycles. The topological polar surface area (TPSA) is 21.3 Å². The number of fused-ring (bicyclic) bond motifs is 1. The van der Waals surface area contributed by atoms with Crippen LogP contribution in [0.1, 0.15) is 56.6 Å². The molecule has 3 aromatic carbocycles.